The van der Waals surface area contributed by atoms with E-state index in [0.29, 0.717) is 5.92 Å². The minimum atomic E-state index is 0.658. The van der Waals surface area contributed by atoms with Gasteiger partial charge in [0.15, 0.2) is 0 Å². The number of anilines is 1. The molecule has 1 aliphatic carbocycles. The Balaban J connectivity index is 1.96. The van der Waals surface area contributed by atoms with E-state index in [1.807, 2.05) is 6.20 Å². The number of aromatic nitrogens is 1. The van der Waals surface area contributed by atoms with Gasteiger partial charge in [-0.15, -0.1) is 0 Å². The highest BCUT2D eigenvalue weighted by molar-refractivity contribution is 6.33. The predicted octanol–water partition coefficient (Wildman–Crippen LogP) is 4.11. The molecule has 3 nitrogen and oxygen atoms in total. The number of pyridine rings is 1. The average Bonchev–Trinajstić information content (AvgIpc) is 2.39. The number of nitrogens with zero attached hydrogens (tertiary/aromatic N) is 2. The van der Waals surface area contributed by atoms with Crippen LogP contribution in [0.15, 0.2) is 12.3 Å². The Morgan fingerprint density at radius 1 is 1.43 bits per heavy atom. The van der Waals surface area contributed by atoms with E-state index in [0.717, 1.165) is 48.5 Å². The molecule has 2 rings (SSSR count). The van der Waals surface area contributed by atoms with E-state index in [4.69, 9.17) is 11.6 Å². The molecule has 0 aromatic carbocycles. The maximum atomic E-state index is 6.46. The molecule has 1 aromatic heterocycles. The molecule has 1 saturated carbocycles. The minimum absolute atomic E-state index is 0.658. The molecule has 4 heteroatoms. The van der Waals surface area contributed by atoms with Crippen LogP contribution in [0.1, 0.15) is 45.6 Å². The molecule has 0 amide bonds. The van der Waals surface area contributed by atoms with E-state index in [1.165, 1.54) is 19.3 Å². The smallest absolute Gasteiger partial charge is 0.147 e. The summed E-state index contributed by atoms with van der Waals surface area (Å²) in [6.45, 7) is 10.5. The van der Waals surface area contributed by atoms with Gasteiger partial charge in [-0.05, 0) is 49.8 Å². The first-order chi connectivity index (χ1) is 10.1. The van der Waals surface area contributed by atoms with Crippen LogP contribution in [0.3, 0.4) is 0 Å². The van der Waals surface area contributed by atoms with Gasteiger partial charge in [-0.3, -0.25) is 0 Å². The van der Waals surface area contributed by atoms with Crippen LogP contribution in [0.2, 0.25) is 5.02 Å². The van der Waals surface area contributed by atoms with Gasteiger partial charge in [0.25, 0.3) is 0 Å². The molecule has 0 spiro atoms. The first kappa shape index (κ1) is 16.6. The van der Waals surface area contributed by atoms with Crippen molar-refractivity contribution in [1.82, 2.24) is 10.3 Å². The molecule has 1 fully saturated rings. The van der Waals surface area contributed by atoms with Crippen molar-refractivity contribution in [2.75, 3.05) is 24.5 Å². The van der Waals surface area contributed by atoms with Crippen molar-refractivity contribution in [2.45, 2.75) is 46.6 Å². The summed E-state index contributed by atoms with van der Waals surface area (Å²) in [4.78, 5) is 6.93. The highest BCUT2D eigenvalue weighted by Gasteiger charge is 2.21. The Hall–Kier alpha value is -0.800. The number of hydrogen-bond acceptors (Lipinski definition) is 3. The Bertz CT molecular complexity index is 444. The predicted molar refractivity (Wildman–Crippen MR) is 91.0 cm³/mol. The molecule has 1 aliphatic rings. The summed E-state index contributed by atoms with van der Waals surface area (Å²) in [7, 11) is 0. The number of nitrogens with one attached hydrogen (secondary N) is 1. The van der Waals surface area contributed by atoms with Crippen LogP contribution in [0.5, 0.6) is 0 Å². The van der Waals surface area contributed by atoms with Gasteiger partial charge in [-0.25, -0.2) is 4.98 Å². The van der Waals surface area contributed by atoms with Crippen molar-refractivity contribution >= 4 is 17.4 Å². The Labute approximate surface area is 134 Å². The van der Waals surface area contributed by atoms with E-state index in [-0.39, 0.29) is 0 Å². The summed E-state index contributed by atoms with van der Waals surface area (Å²) in [5, 5.41) is 4.21. The van der Waals surface area contributed by atoms with Crippen LogP contribution in [-0.4, -0.2) is 24.6 Å². The number of halogens is 1. The van der Waals surface area contributed by atoms with Crippen LogP contribution < -0.4 is 10.2 Å². The Kier molecular flexibility index (Phi) is 6.31. The van der Waals surface area contributed by atoms with Gasteiger partial charge in [-0.2, -0.15) is 0 Å². The lowest BCUT2D eigenvalue weighted by atomic mass is 9.85. The summed E-state index contributed by atoms with van der Waals surface area (Å²) in [5.41, 5.74) is 1.16. The highest BCUT2D eigenvalue weighted by Crippen LogP contribution is 2.31. The van der Waals surface area contributed by atoms with E-state index < -0.39 is 0 Å². The van der Waals surface area contributed by atoms with E-state index in [9.17, 15) is 0 Å². The summed E-state index contributed by atoms with van der Waals surface area (Å²) in [6.07, 6.45) is 6.04. The Morgan fingerprint density at radius 2 is 2.19 bits per heavy atom. The second-order valence-corrected chi connectivity index (χ2v) is 6.92. The van der Waals surface area contributed by atoms with Gasteiger partial charge in [0.1, 0.15) is 5.82 Å². The van der Waals surface area contributed by atoms with Crippen molar-refractivity contribution in [3.63, 3.8) is 0 Å². The number of rotatable bonds is 8. The first-order valence-corrected chi connectivity index (χ1v) is 8.58. The molecule has 0 atom stereocenters. The van der Waals surface area contributed by atoms with Crippen LogP contribution in [0.4, 0.5) is 5.82 Å². The maximum Gasteiger partial charge on any atom is 0.147 e. The van der Waals surface area contributed by atoms with Crippen LogP contribution >= 0.6 is 11.6 Å². The van der Waals surface area contributed by atoms with Gasteiger partial charge in [0.05, 0.1) is 5.02 Å². The fourth-order valence-corrected chi connectivity index (χ4v) is 2.97. The summed E-state index contributed by atoms with van der Waals surface area (Å²) in [5.74, 6) is 2.43. The third-order valence-electron chi connectivity index (χ3n) is 4.14. The molecule has 1 heterocycles. The molecule has 0 aliphatic heterocycles. The largest absolute Gasteiger partial charge is 0.355 e. The topological polar surface area (TPSA) is 28.2 Å². The quantitative estimate of drug-likeness (QED) is 0.783. The first-order valence-electron chi connectivity index (χ1n) is 8.20. The minimum Gasteiger partial charge on any atom is -0.355 e. The van der Waals surface area contributed by atoms with Crippen molar-refractivity contribution in [3.05, 3.63) is 22.8 Å². The van der Waals surface area contributed by atoms with Crippen LogP contribution in [-0.2, 0) is 6.54 Å². The molecule has 0 radical (unpaired) electrons. The molecule has 21 heavy (non-hydrogen) atoms. The summed E-state index contributed by atoms with van der Waals surface area (Å²) < 4.78 is 0. The molecule has 1 N–H and O–H groups in total. The fourth-order valence-electron chi connectivity index (χ4n) is 2.66. The summed E-state index contributed by atoms with van der Waals surface area (Å²) in [6, 6.07) is 2.06. The molecular formula is C17H28ClN3. The molecular weight excluding hydrogens is 282 g/mol. The lowest BCUT2D eigenvalue weighted by Crippen LogP contribution is -2.33. The average molecular weight is 310 g/mol. The second kappa shape index (κ2) is 8.00. The van der Waals surface area contributed by atoms with Crippen LogP contribution in [0, 0.1) is 11.8 Å². The third kappa shape index (κ3) is 4.86. The lowest BCUT2D eigenvalue weighted by molar-refractivity contribution is 0.318. The van der Waals surface area contributed by atoms with E-state index in [1.54, 1.807) is 0 Å². The van der Waals surface area contributed by atoms with Gasteiger partial charge in [0.2, 0.25) is 0 Å². The SMILES string of the molecule is CCN(CC1CCC1)c1ncc(CNCC(C)C)cc1Cl. The van der Waals surface area contributed by atoms with Crippen molar-refractivity contribution in [2.24, 2.45) is 11.8 Å². The normalized spacial score (nSPS) is 15.3. The van der Waals surface area contributed by atoms with Crippen LogP contribution in [0.25, 0.3) is 0 Å². The molecule has 118 valence electrons. The van der Waals surface area contributed by atoms with Gasteiger partial charge < -0.3 is 10.2 Å². The molecule has 0 saturated heterocycles. The van der Waals surface area contributed by atoms with Gasteiger partial charge >= 0.3 is 0 Å². The molecule has 0 unspecified atom stereocenters. The van der Waals surface area contributed by atoms with Crippen molar-refractivity contribution < 1.29 is 0 Å². The molecule has 1 aromatic rings. The zero-order valence-corrected chi connectivity index (χ0v) is 14.3. The van der Waals surface area contributed by atoms with Crippen molar-refractivity contribution in [3.8, 4) is 0 Å². The Morgan fingerprint density at radius 3 is 2.71 bits per heavy atom. The monoisotopic (exact) mass is 309 g/mol. The fraction of sp³-hybridized carbons (Fsp3) is 0.706. The molecule has 0 bridgehead atoms. The lowest BCUT2D eigenvalue weighted by Gasteiger charge is -2.32. The third-order valence-corrected chi connectivity index (χ3v) is 4.42. The second-order valence-electron chi connectivity index (χ2n) is 6.51. The van der Waals surface area contributed by atoms with Gasteiger partial charge in [0, 0.05) is 25.8 Å². The summed E-state index contributed by atoms with van der Waals surface area (Å²) >= 11 is 6.46. The zero-order valence-electron chi connectivity index (χ0n) is 13.5. The number of hydrogen-bond donors (Lipinski definition) is 1. The van der Waals surface area contributed by atoms with E-state index in [2.05, 4.69) is 42.0 Å². The van der Waals surface area contributed by atoms with Crippen molar-refractivity contribution in [1.29, 1.82) is 0 Å². The highest BCUT2D eigenvalue weighted by atomic mass is 35.5. The standard InChI is InChI=1S/C17H28ClN3/c1-4-21(12-14-6-5-7-14)17-16(18)8-15(11-20-17)10-19-9-13(2)3/h8,11,13-14,19H,4-7,9-10,12H2,1-3H3. The van der Waals surface area contributed by atoms with Gasteiger partial charge in [-0.1, -0.05) is 31.9 Å². The maximum absolute atomic E-state index is 6.46. The zero-order chi connectivity index (χ0) is 15.2. The van der Waals surface area contributed by atoms with E-state index >= 15 is 0 Å².